The van der Waals surface area contributed by atoms with Crippen molar-refractivity contribution >= 4 is 27.7 Å². The van der Waals surface area contributed by atoms with Gasteiger partial charge in [0.05, 0.1) is 4.90 Å². The molecule has 2 rings (SSSR count). The Morgan fingerprint density at radius 1 is 1.30 bits per heavy atom. The highest BCUT2D eigenvalue weighted by Gasteiger charge is 2.38. The van der Waals surface area contributed by atoms with Crippen molar-refractivity contribution < 1.29 is 13.2 Å². The Morgan fingerprint density at radius 2 is 2.00 bits per heavy atom. The van der Waals surface area contributed by atoms with Gasteiger partial charge >= 0.3 is 0 Å². The second-order valence-corrected chi connectivity index (χ2v) is 8.06. The average molecular weight is 313 g/mol. The predicted octanol–water partition coefficient (Wildman–Crippen LogP) is 2.51. The molecule has 1 unspecified atom stereocenters. The smallest absolute Gasteiger partial charge is 0.266 e. The SMILES string of the molecule is CCCCSC1CC(=O)N(S(=O)(=O)c2ccccc2)C1. The van der Waals surface area contributed by atoms with Crippen LogP contribution in [0.2, 0.25) is 0 Å². The highest BCUT2D eigenvalue weighted by molar-refractivity contribution is 8.00. The summed E-state index contributed by atoms with van der Waals surface area (Å²) in [6.45, 7) is 2.41. The molecule has 6 heteroatoms. The fourth-order valence-electron chi connectivity index (χ4n) is 2.11. The molecule has 110 valence electrons. The summed E-state index contributed by atoms with van der Waals surface area (Å²) in [7, 11) is -3.68. The van der Waals surface area contributed by atoms with E-state index in [2.05, 4.69) is 6.92 Å². The van der Waals surface area contributed by atoms with Crippen molar-refractivity contribution in [2.45, 2.75) is 36.3 Å². The van der Waals surface area contributed by atoms with Crippen LogP contribution in [0.15, 0.2) is 35.2 Å². The molecule has 1 saturated heterocycles. The van der Waals surface area contributed by atoms with Gasteiger partial charge in [-0.05, 0) is 24.3 Å². The molecule has 1 amide bonds. The summed E-state index contributed by atoms with van der Waals surface area (Å²) in [4.78, 5) is 12.2. The lowest BCUT2D eigenvalue weighted by atomic mass is 10.4. The summed E-state index contributed by atoms with van der Waals surface area (Å²) in [6.07, 6.45) is 2.53. The molecule has 0 spiro atoms. The molecule has 1 fully saturated rings. The number of amides is 1. The minimum Gasteiger partial charge on any atom is -0.274 e. The number of hydrogen-bond donors (Lipinski definition) is 0. The van der Waals surface area contributed by atoms with Gasteiger partial charge in [-0.15, -0.1) is 0 Å². The van der Waals surface area contributed by atoms with E-state index < -0.39 is 10.0 Å². The summed E-state index contributed by atoms with van der Waals surface area (Å²) in [5, 5.41) is 0.0903. The molecule has 0 radical (unpaired) electrons. The number of sulfonamides is 1. The molecule has 20 heavy (non-hydrogen) atoms. The largest absolute Gasteiger partial charge is 0.274 e. The third-order valence-electron chi connectivity index (χ3n) is 3.23. The normalized spacial score (nSPS) is 19.6. The molecule has 0 aromatic heterocycles. The molecule has 1 aromatic carbocycles. The van der Waals surface area contributed by atoms with Gasteiger partial charge in [-0.1, -0.05) is 31.5 Å². The van der Waals surface area contributed by atoms with Crippen LogP contribution in [0.4, 0.5) is 0 Å². The summed E-state index contributed by atoms with van der Waals surface area (Å²) in [6, 6.07) is 8.15. The van der Waals surface area contributed by atoms with E-state index in [1.807, 2.05) is 0 Å². The molecule has 0 N–H and O–H groups in total. The van der Waals surface area contributed by atoms with E-state index in [0.717, 1.165) is 22.9 Å². The Balaban J connectivity index is 2.08. The van der Waals surface area contributed by atoms with Gasteiger partial charge in [0, 0.05) is 18.2 Å². The van der Waals surface area contributed by atoms with Gasteiger partial charge in [0.2, 0.25) is 5.91 Å². The average Bonchev–Trinajstić information content (AvgIpc) is 2.82. The van der Waals surface area contributed by atoms with Crippen molar-refractivity contribution in [3.63, 3.8) is 0 Å². The second-order valence-electron chi connectivity index (χ2n) is 4.79. The van der Waals surface area contributed by atoms with Crippen molar-refractivity contribution in [2.75, 3.05) is 12.3 Å². The lowest BCUT2D eigenvalue weighted by molar-refractivity contribution is -0.123. The van der Waals surface area contributed by atoms with E-state index in [0.29, 0.717) is 13.0 Å². The van der Waals surface area contributed by atoms with Crippen molar-refractivity contribution in [1.82, 2.24) is 4.31 Å². The van der Waals surface area contributed by atoms with Crippen molar-refractivity contribution in [3.8, 4) is 0 Å². The molecule has 1 aliphatic heterocycles. The summed E-state index contributed by atoms with van der Waals surface area (Å²) < 4.78 is 25.9. The summed E-state index contributed by atoms with van der Waals surface area (Å²) >= 11 is 1.70. The van der Waals surface area contributed by atoms with E-state index in [9.17, 15) is 13.2 Å². The predicted molar refractivity (Wildman–Crippen MR) is 81.1 cm³/mol. The zero-order valence-corrected chi connectivity index (χ0v) is 13.1. The first-order valence-electron chi connectivity index (χ1n) is 6.78. The van der Waals surface area contributed by atoms with E-state index in [-0.39, 0.29) is 16.1 Å². The Labute approximate surface area is 124 Å². The van der Waals surface area contributed by atoms with Gasteiger partial charge in [-0.3, -0.25) is 4.79 Å². The van der Waals surface area contributed by atoms with Crippen LogP contribution in [0.25, 0.3) is 0 Å². The first kappa shape index (κ1) is 15.4. The van der Waals surface area contributed by atoms with Crippen LogP contribution < -0.4 is 0 Å². The molecule has 1 atom stereocenters. The van der Waals surface area contributed by atoms with Crippen LogP contribution in [0.5, 0.6) is 0 Å². The number of benzene rings is 1. The fraction of sp³-hybridized carbons (Fsp3) is 0.500. The van der Waals surface area contributed by atoms with Crippen LogP contribution in [-0.4, -0.2) is 36.2 Å². The Bertz CT molecular complexity index is 557. The number of rotatable bonds is 6. The van der Waals surface area contributed by atoms with Gasteiger partial charge < -0.3 is 0 Å². The van der Waals surface area contributed by atoms with Crippen LogP contribution in [-0.2, 0) is 14.8 Å². The highest BCUT2D eigenvalue weighted by atomic mass is 32.2. The van der Waals surface area contributed by atoms with Crippen LogP contribution in [0, 0.1) is 0 Å². The van der Waals surface area contributed by atoms with Gasteiger partial charge in [0.25, 0.3) is 10.0 Å². The van der Waals surface area contributed by atoms with Crippen LogP contribution >= 0.6 is 11.8 Å². The van der Waals surface area contributed by atoms with Crippen molar-refractivity contribution in [1.29, 1.82) is 0 Å². The summed E-state index contributed by atoms with van der Waals surface area (Å²) in [5.41, 5.74) is 0. The number of nitrogens with zero attached hydrogens (tertiary/aromatic N) is 1. The first-order chi connectivity index (χ1) is 9.55. The topological polar surface area (TPSA) is 54.5 Å². The lowest BCUT2D eigenvalue weighted by Gasteiger charge is -2.16. The number of unbranched alkanes of at least 4 members (excludes halogenated alkanes) is 1. The van der Waals surface area contributed by atoms with Crippen LogP contribution in [0.3, 0.4) is 0 Å². The van der Waals surface area contributed by atoms with E-state index in [1.54, 1.807) is 30.0 Å². The molecule has 0 saturated carbocycles. The maximum Gasteiger partial charge on any atom is 0.266 e. The number of hydrogen-bond acceptors (Lipinski definition) is 4. The van der Waals surface area contributed by atoms with E-state index in [4.69, 9.17) is 0 Å². The van der Waals surface area contributed by atoms with E-state index >= 15 is 0 Å². The number of carbonyl (C=O) groups is 1. The van der Waals surface area contributed by atoms with Gasteiger partial charge in [-0.2, -0.15) is 11.8 Å². The molecule has 1 aliphatic rings. The molecule has 0 aliphatic carbocycles. The Morgan fingerprint density at radius 3 is 2.65 bits per heavy atom. The zero-order valence-electron chi connectivity index (χ0n) is 11.5. The lowest BCUT2D eigenvalue weighted by Crippen LogP contribution is -2.32. The molecular formula is C14H19NO3S2. The minimum absolute atomic E-state index is 0.0903. The third kappa shape index (κ3) is 3.35. The van der Waals surface area contributed by atoms with Gasteiger partial charge in [0.15, 0.2) is 0 Å². The molecule has 4 nitrogen and oxygen atoms in total. The maximum atomic E-state index is 12.4. The second kappa shape index (κ2) is 6.63. The zero-order chi connectivity index (χ0) is 14.6. The molecule has 0 bridgehead atoms. The van der Waals surface area contributed by atoms with Crippen LogP contribution in [0.1, 0.15) is 26.2 Å². The highest BCUT2D eigenvalue weighted by Crippen LogP contribution is 2.29. The Kier molecular flexibility index (Phi) is 5.10. The van der Waals surface area contributed by atoms with Crippen molar-refractivity contribution in [3.05, 3.63) is 30.3 Å². The fourth-order valence-corrected chi connectivity index (χ4v) is 4.98. The third-order valence-corrected chi connectivity index (χ3v) is 6.34. The molecular weight excluding hydrogens is 294 g/mol. The maximum absolute atomic E-state index is 12.4. The molecule has 1 heterocycles. The monoisotopic (exact) mass is 313 g/mol. The van der Waals surface area contributed by atoms with Gasteiger partial charge in [0.1, 0.15) is 0 Å². The van der Waals surface area contributed by atoms with E-state index in [1.165, 1.54) is 12.1 Å². The number of carbonyl (C=O) groups excluding carboxylic acids is 1. The Hall–Kier alpha value is -1.01. The van der Waals surface area contributed by atoms with Gasteiger partial charge in [-0.25, -0.2) is 12.7 Å². The molecule has 1 aromatic rings. The standard InChI is InChI=1S/C14H19NO3S2/c1-2-3-9-19-12-10-14(16)15(11-12)20(17,18)13-7-5-4-6-8-13/h4-8,12H,2-3,9-11H2,1H3. The minimum atomic E-state index is -3.68. The first-order valence-corrected chi connectivity index (χ1v) is 9.27. The number of thioether (sulfide) groups is 1. The quantitative estimate of drug-likeness (QED) is 0.757. The van der Waals surface area contributed by atoms with Crippen molar-refractivity contribution in [2.24, 2.45) is 0 Å². The summed E-state index contributed by atoms with van der Waals surface area (Å²) in [5.74, 6) is 0.691.